The zero-order valence-corrected chi connectivity index (χ0v) is 17.4. The number of unbranched alkanes of at least 4 members (excludes halogenated alkanes) is 1. The highest BCUT2D eigenvalue weighted by atomic mass is 19.4. The van der Waals surface area contributed by atoms with Gasteiger partial charge in [-0.05, 0) is 30.7 Å². The Morgan fingerprint density at radius 3 is 2.78 bits per heavy atom. The van der Waals surface area contributed by atoms with Crippen LogP contribution in [-0.2, 0) is 12.6 Å². The van der Waals surface area contributed by atoms with Crippen LogP contribution in [0.15, 0.2) is 47.3 Å². The fourth-order valence-electron chi connectivity index (χ4n) is 3.31. The largest absolute Gasteiger partial charge is 0.453 e. The molecule has 0 fully saturated rings. The molecule has 0 saturated heterocycles. The van der Waals surface area contributed by atoms with Gasteiger partial charge in [0.1, 0.15) is 11.3 Å². The zero-order chi connectivity index (χ0) is 22.7. The number of nitrogens with one attached hydrogen (secondary N) is 2. The maximum absolute atomic E-state index is 13.0. The predicted octanol–water partition coefficient (Wildman–Crippen LogP) is 4.26. The van der Waals surface area contributed by atoms with Crippen LogP contribution in [0.3, 0.4) is 0 Å². The summed E-state index contributed by atoms with van der Waals surface area (Å²) in [5.41, 5.74) is 1.08. The highest BCUT2D eigenvalue weighted by molar-refractivity contribution is 5.82. The number of aliphatic hydroxyl groups is 1. The van der Waals surface area contributed by atoms with Crippen LogP contribution >= 0.6 is 0 Å². The molecule has 0 bridgehead atoms. The van der Waals surface area contributed by atoms with E-state index in [0.29, 0.717) is 40.7 Å². The molecule has 32 heavy (non-hydrogen) atoms. The third kappa shape index (κ3) is 4.75. The van der Waals surface area contributed by atoms with Crippen molar-refractivity contribution >= 4 is 16.8 Å². The highest BCUT2D eigenvalue weighted by Gasteiger charge is 2.31. The molecule has 168 valence electrons. The third-order valence-electron chi connectivity index (χ3n) is 4.94. The van der Waals surface area contributed by atoms with E-state index in [0.717, 1.165) is 37.1 Å². The van der Waals surface area contributed by atoms with Crippen molar-refractivity contribution in [1.82, 2.24) is 15.0 Å². The minimum atomic E-state index is -4.41. The number of furan rings is 1. The van der Waals surface area contributed by atoms with E-state index in [1.807, 2.05) is 6.07 Å². The summed E-state index contributed by atoms with van der Waals surface area (Å²) in [5.74, 6) is 1.43. The lowest BCUT2D eigenvalue weighted by molar-refractivity contribution is -0.601. The molecule has 4 rings (SSSR count). The van der Waals surface area contributed by atoms with Gasteiger partial charge in [-0.3, -0.25) is 4.98 Å². The lowest BCUT2D eigenvalue weighted by Crippen LogP contribution is -2.31. The number of halogens is 3. The molecule has 0 aliphatic heterocycles. The average Bonchev–Trinajstić information content (AvgIpc) is 3.42. The number of aryl methyl sites for hydroxylation is 1. The summed E-state index contributed by atoms with van der Waals surface area (Å²) >= 11 is 0. The maximum atomic E-state index is 13.0. The molecule has 3 aromatic heterocycles. The van der Waals surface area contributed by atoms with Crippen molar-refractivity contribution in [2.75, 3.05) is 18.5 Å². The van der Waals surface area contributed by atoms with Crippen LogP contribution in [0.4, 0.5) is 19.0 Å². The second-order valence-electron chi connectivity index (χ2n) is 7.38. The molecule has 0 unspecified atom stereocenters. The Morgan fingerprint density at radius 2 is 2.03 bits per heavy atom. The normalized spacial score (nSPS) is 11.9. The van der Waals surface area contributed by atoms with Gasteiger partial charge < -0.3 is 14.8 Å². The molecule has 0 saturated carbocycles. The van der Waals surface area contributed by atoms with Gasteiger partial charge in [0.05, 0.1) is 18.4 Å². The second kappa shape index (κ2) is 8.99. The number of hydrogen-bond donors (Lipinski definition) is 3. The van der Waals surface area contributed by atoms with Crippen LogP contribution in [0, 0.1) is 0 Å². The number of alkyl halides is 3. The summed E-state index contributed by atoms with van der Waals surface area (Å²) in [5, 5.41) is 12.5. The van der Waals surface area contributed by atoms with E-state index >= 15 is 0 Å². The molecule has 7 nitrogen and oxygen atoms in total. The topological polar surface area (TPSA) is 90.8 Å². The van der Waals surface area contributed by atoms with Gasteiger partial charge in [-0.1, -0.05) is 18.3 Å². The van der Waals surface area contributed by atoms with Crippen LogP contribution in [0.25, 0.3) is 28.4 Å². The molecular formula is C22H23F3N5O2+. The van der Waals surface area contributed by atoms with Gasteiger partial charge in [-0.25, -0.2) is 0 Å². The number of anilines is 1. The lowest BCUT2D eigenvalue weighted by Gasteiger charge is -2.04. The van der Waals surface area contributed by atoms with Gasteiger partial charge in [0.25, 0.3) is 0 Å². The number of benzene rings is 1. The monoisotopic (exact) mass is 446 g/mol. The van der Waals surface area contributed by atoms with Gasteiger partial charge in [0.15, 0.2) is 23.6 Å². The molecule has 1 aromatic carbocycles. The molecule has 3 heterocycles. The number of aliphatic hydroxyl groups excluding tert-OH is 1. The third-order valence-corrected chi connectivity index (χ3v) is 4.94. The first-order valence-electron chi connectivity index (χ1n) is 10.3. The van der Waals surface area contributed by atoms with E-state index in [-0.39, 0.29) is 6.61 Å². The molecule has 0 aliphatic carbocycles. The molecule has 0 spiro atoms. The van der Waals surface area contributed by atoms with Crippen molar-refractivity contribution in [3.05, 3.63) is 54.1 Å². The lowest BCUT2D eigenvalue weighted by atomic mass is 10.1. The SMILES string of the molecule is CCCCc1cc(NCCO)nc(-[n+]2c[nH]c(-c3cc4cc(C(F)(F)F)ccc4o3)c2)n1. The van der Waals surface area contributed by atoms with Crippen molar-refractivity contribution in [2.24, 2.45) is 0 Å². The van der Waals surface area contributed by atoms with Crippen molar-refractivity contribution in [3.63, 3.8) is 0 Å². The molecule has 0 aliphatic rings. The summed E-state index contributed by atoms with van der Waals surface area (Å²) in [7, 11) is 0. The van der Waals surface area contributed by atoms with Crippen LogP contribution in [-0.4, -0.2) is 33.2 Å². The number of H-pyrrole nitrogens is 1. The highest BCUT2D eigenvalue weighted by Crippen LogP contribution is 2.33. The Kier molecular flexibility index (Phi) is 6.13. The van der Waals surface area contributed by atoms with E-state index < -0.39 is 11.7 Å². The molecule has 4 aromatic rings. The average molecular weight is 446 g/mol. The number of aromatic nitrogens is 4. The number of aromatic amines is 1. The van der Waals surface area contributed by atoms with Gasteiger partial charge in [0, 0.05) is 24.4 Å². The maximum Gasteiger partial charge on any atom is 0.416 e. The standard InChI is InChI=1S/C22H22F3N5O2/c1-2-3-4-16-11-20(26-7-8-31)29-21(28-16)30-12-17(27-13-30)19-10-14-9-15(22(23,24)25)5-6-18(14)32-19/h5-6,9-13,31H,2-4,7-8H2,1H3,(H,26,28,29)/p+1. The first-order valence-corrected chi connectivity index (χ1v) is 10.3. The summed E-state index contributed by atoms with van der Waals surface area (Å²) in [6.45, 7) is 2.45. The number of hydrogen-bond acceptors (Lipinski definition) is 5. The summed E-state index contributed by atoms with van der Waals surface area (Å²) in [4.78, 5) is 12.2. The van der Waals surface area contributed by atoms with E-state index in [9.17, 15) is 13.2 Å². The summed E-state index contributed by atoms with van der Waals surface area (Å²) < 4.78 is 46.4. The molecule has 0 atom stereocenters. The van der Waals surface area contributed by atoms with Crippen molar-refractivity contribution in [1.29, 1.82) is 0 Å². The first-order chi connectivity index (χ1) is 15.4. The number of imidazole rings is 1. The zero-order valence-electron chi connectivity index (χ0n) is 17.4. The fraction of sp³-hybridized carbons (Fsp3) is 0.318. The molecule has 0 radical (unpaired) electrons. The first kappa shape index (κ1) is 21.8. The Labute approximate surface area is 181 Å². The van der Waals surface area contributed by atoms with Crippen molar-refractivity contribution in [3.8, 4) is 17.4 Å². The number of nitrogens with zero attached hydrogens (tertiary/aromatic N) is 3. The Hall–Kier alpha value is -3.40. The van der Waals surface area contributed by atoms with Gasteiger partial charge >= 0.3 is 12.1 Å². The van der Waals surface area contributed by atoms with E-state index in [1.165, 1.54) is 6.07 Å². The van der Waals surface area contributed by atoms with Crippen LogP contribution in [0.1, 0.15) is 31.0 Å². The molecule has 3 N–H and O–H groups in total. The van der Waals surface area contributed by atoms with E-state index in [1.54, 1.807) is 23.2 Å². The minimum absolute atomic E-state index is 0.0207. The van der Waals surface area contributed by atoms with Crippen molar-refractivity contribution < 1.29 is 27.3 Å². The van der Waals surface area contributed by atoms with Crippen LogP contribution in [0.5, 0.6) is 0 Å². The van der Waals surface area contributed by atoms with Gasteiger partial charge in [-0.2, -0.15) is 17.7 Å². The Morgan fingerprint density at radius 1 is 1.19 bits per heavy atom. The Balaban J connectivity index is 1.65. The molecular weight excluding hydrogens is 423 g/mol. The fourth-order valence-corrected chi connectivity index (χ4v) is 3.31. The summed E-state index contributed by atoms with van der Waals surface area (Å²) in [6.07, 6.45) is 1.77. The minimum Gasteiger partial charge on any atom is -0.453 e. The van der Waals surface area contributed by atoms with Crippen molar-refractivity contribution in [2.45, 2.75) is 32.4 Å². The van der Waals surface area contributed by atoms with Crippen LogP contribution in [0.2, 0.25) is 0 Å². The van der Waals surface area contributed by atoms with Crippen LogP contribution < -0.4 is 9.88 Å². The number of rotatable bonds is 8. The summed E-state index contributed by atoms with van der Waals surface area (Å²) in [6, 6.07) is 6.81. The quantitative estimate of drug-likeness (QED) is 0.352. The van der Waals surface area contributed by atoms with Gasteiger partial charge in [-0.15, -0.1) is 4.98 Å². The van der Waals surface area contributed by atoms with Gasteiger partial charge in [0.2, 0.25) is 0 Å². The Bertz CT molecular complexity index is 1190. The molecule has 0 amide bonds. The predicted molar refractivity (Wildman–Crippen MR) is 112 cm³/mol. The second-order valence-corrected chi connectivity index (χ2v) is 7.38. The van der Waals surface area contributed by atoms with E-state index in [2.05, 4.69) is 27.2 Å². The number of fused-ring (bicyclic) bond motifs is 1. The van der Waals surface area contributed by atoms with E-state index in [4.69, 9.17) is 9.52 Å². The smallest absolute Gasteiger partial charge is 0.416 e. The molecule has 10 heteroatoms.